The molecule has 0 amide bonds. The van der Waals surface area contributed by atoms with E-state index >= 15 is 0 Å². The van der Waals surface area contributed by atoms with Gasteiger partial charge in [-0.15, -0.1) is 0 Å². The number of nitrogens with zero attached hydrogens (tertiary/aromatic N) is 1. The van der Waals surface area contributed by atoms with E-state index in [4.69, 9.17) is 0 Å². The molecule has 0 aliphatic heterocycles. The fourth-order valence-electron chi connectivity index (χ4n) is 2.37. The molecule has 0 radical (unpaired) electrons. The van der Waals surface area contributed by atoms with Crippen molar-refractivity contribution in [2.24, 2.45) is 0 Å². The highest BCUT2D eigenvalue weighted by molar-refractivity contribution is 9.10. The first-order valence-electron chi connectivity index (χ1n) is 7.48. The highest BCUT2D eigenvalue weighted by Crippen LogP contribution is 2.24. The molecule has 2 nitrogen and oxygen atoms in total. The van der Waals surface area contributed by atoms with Crippen LogP contribution in [0.3, 0.4) is 0 Å². The Balaban J connectivity index is 2.00. The smallest absolute Gasteiger partial charge is 0.0487 e. The Morgan fingerprint density at radius 3 is 2.24 bits per heavy atom. The minimum Gasteiger partial charge on any atom is -0.380 e. The molecule has 112 valence electrons. The van der Waals surface area contributed by atoms with E-state index in [9.17, 15) is 0 Å². The Bertz CT molecular complexity index is 574. The number of hydrogen-bond acceptors (Lipinski definition) is 2. The molecule has 0 bridgehead atoms. The molecule has 3 heteroatoms. The maximum Gasteiger partial charge on any atom is 0.0487 e. The molecule has 0 aromatic heterocycles. The first kappa shape index (κ1) is 15.9. The van der Waals surface area contributed by atoms with E-state index in [1.807, 2.05) is 0 Å². The molecule has 2 aromatic rings. The Hall–Kier alpha value is -1.48. The third-order valence-corrected chi connectivity index (χ3v) is 4.33. The van der Waals surface area contributed by atoms with Crippen LogP contribution in [0.25, 0.3) is 0 Å². The van der Waals surface area contributed by atoms with Gasteiger partial charge in [0.1, 0.15) is 0 Å². The summed E-state index contributed by atoms with van der Waals surface area (Å²) < 4.78 is 1.11. The van der Waals surface area contributed by atoms with Crippen molar-refractivity contribution in [1.29, 1.82) is 0 Å². The zero-order valence-electron chi connectivity index (χ0n) is 13.0. The zero-order valence-corrected chi connectivity index (χ0v) is 14.6. The summed E-state index contributed by atoms with van der Waals surface area (Å²) in [6, 6.07) is 15.2. The number of halogens is 1. The molecular weight excluding hydrogens is 324 g/mol. The van der Waals surface area contributed by atoms with Crippen LogP contribution >= 0.6 is 15.9 Å². The molecular formula is C18H23BrN2. The second-order valence-electron chi connectivity index (χ2n) is 5.18. The van der Waals surface area contributed by atoms with Crippen LogP contribution in [-0.4, -0.2) is 13.1 Å². The fourth-order valence-corrected chi connectivity index (χ4v) is 3.01. The van der Waals surface area contributed by atoms with Crippen LogP contribution < -0.4 is 10.2 Å². The summed E-state index contributed by atoms with van der Waals surface area (Å²) in [6.45, 7) is 9.40. The van der Waals surface area contributed by atoms with Crippen molar-refractivity contribution in [3.63, 3.8) is 0 Å². The van der Waals surface area contributed by atoms with Crippen LogP contribution in [0.15, 0.2) is 46.9 Å². The van der Waals surface area contributed by atoms with Gasteiger partial charge in [-0.2, -0.15) is 0 Å². The summed E-state index contributed by atoms with van der Waals surface area (Å²) in [5.41, 5.74) is 4.98. The molecule has 2 aromatic carbocycles. The molecule has 0 aliphatic rings. The highest BCUT2D eigenvalue weighted by Gasteiger charge is 2.03. The van der Waals surface area contributed by atoms with E-state index in [0.717, 1.165) is 29.8 Å². The van der Waals surface area contributed by atoms with Gasteiger partial charge in [-0.1, -0.05) is 18.2 Å². The zero-order chi connectivity index (χ0) is 15.2. The van der Waals surface area contributed by atoms with Crippen molar-refractivity contribution in [2.45, 2.75) is 27.3 Å². The molecule has 0 saturated carbocycles. The molecule has 0 unspecified atom stereocenters. The maximum atomic E-state index is 3.60. The SMILES string of the molecule is CCN(CC)c1ccc(CNc2ccc(C)cc2Br)cc1. The lowest BCUT2D eigenvalue weighted by Gasteiger charge is -2.21. The third kappa shape index (κ3) is 4.24. The fraction of sp³-hybridized carbons (Fsp3) is 0.333. The molecule has 0 aliphatic carbocycles. The lowest BCUT2D eigenvalue weighted by molar-refractivity contribution is 0.865. The van der Waals surface area contributed by atoms with Gasteiger partial charge in [-0.05, 0) is 72.1 Å². The van der Waals surface area contributed by atoms with Crippen molar-refractivity contribution in [3.05, 3.63) is 58.1 Å². The van der Waals surface area contributed by atoms with E-state index in [0.29, 0.717) is 0 Å². The summed E-state index contributed by atoms with van der Waals surface area (Å²) in [5.74, 6) is 0. The van der Waals surface area contributed by atoms with Gasteiger partial charge in [0.25, 0.3) is 0 Å². The van der Waals surface area contributed by atoms with Crippen LogP contribution in [0.2, 0.25) is 0 Å². The average molecular weight is 347 g/mol. The number of anilines is 2. The average Bonchev–Trinajstić information content (AvgIpc) is 2.49. The predicted molar refractivity (Wildman–Crippen MR) is 96.2 cm³/mol. The van der Waals surface area contributed by atoms with Gasteiger partial charge in [0.2, 0.25) is 0 Å². The predicted octanol–water partition coefficient (Wildman–Crippen LogP) is 5.22. The van der Waals surface area contributed by atoms with Gasteiger partial charge in [-0.25, -0.2) is 0 Å². The van der Waals surface area contributed by atoms with Gasteiger partial charge >= 0.3 is 0 Å². The first-order valence-corrected chi connectivity index (χ1v) is 8.27. The molecule has 0 atom stereocenters. The summed E-state index contributed by atoms with van der Waals surface area (Å²) >= 11 is 3.60. The maximum absolute atomic E-state index is 3.60. The molecule has 2 rings (SSSR count). The van der Waals surface area contributed by atoms with Crippen molar-refractivity contribution in [3.8, 4) is 0 Å². The number of aryl methyl sites for hydroxylation is 1. The van der Waals surface area contributed by atoms with E-state index in [1.165, 1.54) is 16.8 Å². The molecule has 1 N–H and O–H groups in total. The van der Waals surface area contributed by atoms with Crippen LogP contribution in [-0.2, 0) is 6.54 Å². The van der Waals surface area contributed by atoms with Gasteiger partial charge in [0.05, 0.1) is 0 Å². The molecule has 0 spiro atoms. The summed E-state index contributed by atoms with van der Waals surface area (Å²) in [4.78, 5) is 2.35. The lowest BCUT2D eigenvalue weighted by Crippen LogP contribution is -2.21. The summed E-state index contributed by atoms with van der Waals surface area (Å²) in [5, 5.41) is 3.47. The topological polar surface area (TPSA) is 15.3 Å². The van der Waals surface area contributed by atoms with Gasteiger partial charge in [0.15, 0.2) is 0 Å². The Morgan fingerprint density at radius 2 is 1.67 bits per heavy atom. The van der Waals surface area contributed by atoms with Crippen molar-refractivity contribution in [1.82, 2.24) is 0 Å². The largest absolute Gasteiger partial charge is 0.380 e. The van der Waals surface area contributed by atoms with Gasteiger partial charge in [0, 0.05) is 35.5 Å². The second-order valence-corrected chi connectivity index (χ2v) is 6.03. The number of hydrogen-bond donors (Lipinski definition) is 1. The van der Waals surface area contributed by atoms with Crippen LogP contribution in [0.4, 0.5) is 11.4 Å². The first-order chi connectivity index (χ1) is 10.1. The van der Waals surface area contributed by atoms with E-state index in [2.05, 4.69) is 89.4 Å². The van der Waals surface area contributed by atoms with Gasteiger partial charge < -0.3 is 10.2 Å². The standard InChI is InChI=1S/C18H23BrN2/c1-4-21(5-2)16-9-7-15(8-10-16)13-20-18-11-6-14(3)12-17(18)19/h6-12,20H,4-5,13H2,1-3H3. The Kier molecular flexibility index (Phi) is 5.68. The van der Waals surface area contributed by atoms with Crippen molar-refractivity contribution >= 4 is 27.3 Å². The van der Waals surface area contributed by atoms with E-state index in [-0.39, 0.29) is 0 Å². The molecule has 21 heavy (non-hydrogen) atoms. The highest BCUT2D eigenvalue weighted by atomic mass is 79.9. The second kappa shape index (κ2) is 7.51. The van der Waals surface area contributed by atoms with Gasteiger partial charge in [-0.3, -0.25) is 0 Å². The van der Waals surface area contributed by atoms with Crippen molar-refractivity contribution < 1.29 is 0 Å². The normalized spacial score (nSPS) is 10.5. The third-order valence-electron chi connectivity index (χ3n) is 3.67. The summed E-state index contributed by atoms with van der Waals surface area (Å²) in [6.07, 6.45) is 0. The molecule has 0 fully saturated rings. The monoisotopic (exact) mass is 346 g/mol. The number of rotatable bonds is 6. The number of benzene rings is 2. The quantitative estimate of drug-likeness (QED) is 0.771. The Labute approximate surface area is 136 Å². The van der Waals surface area contributed by atoms with Crippen LogP contribution in [0.1, 0.15) is 25.0 Å². The van der Waals surface area contributed by atoms with Crippen LogP contribution in [0, 0.1) is 6.92 Å². The van der Waals surface area contributed by atoms with Crippen LogP contribution in [0.5, 0.6) is 0 Å². The summed E-state index contributed by atoms with van der Waals surface area (Å²) in [7, 11) is 0. The molecule has 0 heterocycles. The minimum absolute atomic E-state index is 0.834. The minimum atomic E-state index is 0.834. The number of nitrogens with one attached hydrogen (secondary N) is 1. The van der Waals surface area contributed by atoms with Crippen molar-refractivity contribution in [2.75, 3.05) is 23.3 Å². The van der Waals surface area contributed by atoms with E-state index < -0.39 is 0 Å². The Morgan fingerprint density at radius 1 is 1.00 bits per heavy atom. The lowest BCUT2D eigenvalue weighted by atomic mass is 10.1. The van der Waals surface area contributed by atoms with E-state index in [1.54, 1.807) is 0 Å². The molecule has 0 saturated heterocycles.